The monoisotopic (exact) mass is 576 g/mol. The highest BCUT2D eigenvalue weighted by Gasteiger charge is 2.31. The van der Waals surface area contributed by atoms with Gasteiger partial charge in [-0.15, -0.1) is 0 Å². The Labute approximate surface area is 238 Å². The lowest BCUT2D eigenvalue weighted by Crippen LogP contribution is -2.29. The van der Waals surface area contributed by atoms with Gasteiger partial charge in [0.25, 0.3) is 0 Å². The molecule has 1 aliphatic heterocycles. The van der Waals surface area contributed by atoms with Crippen LogP contribution in [0.15, 0.2) is 90.1 Å². The van der Waals surface area contributed by atoms with Crippen molar-refractivity contribution in [3.8, 4) is 11.5 Å². The van der Waals surface area contributed by atoms with Gasteiger partial charge in [-0.25, -0.2) is 4.98 Å². The number of hydrogen-bond acceptors (Lipinski definition) is 6. The summed E-state index contributed by atoms with van der Waals surface area (Å²) >= 11 is 6.16. The average molecular weight is 577 g/mol. The van der Waals surface area contributed by atoms with Gasteiger partial charge < -0.3 is 19.9 Å². The van der Waals surface area contributed by atoms with Crippen molar-refractivity contribution in [3.63, 3.8) is 0 Å². The number of pyridine rings is 1. The Morgan fingerprint density at radius 1 is 0.976 bits per heavy atom. The number of nitrogens with zero attached hydrogens (tertiary/aromatic N) is 4. The summed E-state index contributed by atoms with van der Waals surface area (Å²) in [5.41, 5.74) is 2.43. The van der Waals surface area contributed by atoms with Crippen LogP contribution in [0.1, 0.15) is 29.8 Å². The molecular weight excluding hydrogens is 553 g/mol. The third-order valence-electron chi connectivity index (χ3n) is 6.85. The highest BCUT2D eigenvalue weighted by molar-refractivity contribution is 6.33. The molecule has 2 N–H and O–H groups in total. The fourth-order valence-corrected chi connectivity index (χ4v) is 4.91. The van der Waals surface area contributed by atoms with E-state index < -0.39 is 11.7 Å². The van der Waals surface area contributed by atoms with Crippen LogP contribution in [0, 0.1) is 0 Å². The van der Waals surface area contributed by atoms with E-state index in [1.807, 2.05) is 30.3 Å². The van der Waals surface area contributed by atoms with E-state index in [1.54, 1.807) is 36.0 Å². The molecule has 0 aliphatic carbocycles. The van der Waals surface area contributed by atoms with E-state index in [-0.39, 0.29) is 22.8 Å². The fraction of sp³-hybridized carbons (Fsp3) is 0.167. The van der Waals surface area contributed by atoms with E-state index in [2.05, 4.69) is 39.7 Å². The molecule has 0 amide bonds. The number of ether oxygens (including phenoxy) is 1. The summed E-state index contributed by atoms with van der Waals surface area (Å²) in [7, 11) is 1.76. The fourth-order valence-electron chi connectivity index (χ4n) is 4.75. The molecule has 208 valence electrons. The Morgan fingerprint density at radius 3 is 2.54 bits per heavy atom. The number of benzene rings is 3. The average Bonchev–Trinajstić information content (AvgIpc) is 3.49. The predicted octanol–water partition coefficient (Wildman–Crippen LogP) is 7.66. The van der Waals surface area contributed by atoms with Crippen LogP contribution in [-0.4, -0.2) is 26.4 Å². The van der Waals surface area contributed by atoms with E-state index in [0.717, 1.165) is 23.2 Å². The van der Waals surface area contributed by atoms with E-state index in [1.165, 1.54) is 6.07 Å². The normalized spacial score (nSPS) is 16.9. The van der Waals surface area contributed by atoms with E-state index >= 15 is 0 Å². The Balaban J connectivity index is 1.23. The Bertz CT molecular complexity index is 1770. The number of aliphatic imine (C=N–C) groups is 1. The lowest BCUT2D eigenvalue weighted by Gasteiger charge is -2.13. The zero-order valence-corrected chi connectivity index (χ0v) is 22.7. The molecule has 0 spiro atoms. The van der Waals surface area contributed by atoms with Crippen molar-refractivity contribution >= 4 is 40.1 Å². The summed E-state index contributed by atoms with van der Waals surface area (Å²) in [5, 5.41) is 6.49. The first-order chi connectivity index (χ1) is 19.7. The van der Waals surface area contributed by atoms with Crippen LogP contribution in [0.4, 0.5) is 24.8 Å². The summed E-state index contributed by atoms with van der Waals surface area (Å²) in [5.74, 6) is 2.13. The third kappa shape index (κ3) is 5.43. The second-order valence-corrected chi connectivity index (χ2v) is 10.1. The van der Waals surface area contributed by atoms with E-state index in [0.29, 0.717) is 34.5 Å². The smallest absolute Gasteiger partial charge is 0.416 e. The number of amidine groups is 1. The van der Waals surface area contributed by atoms with Crippen LogP contribution in [-0.2, 0) is 13.2 Å². The van der Waals surface area contributed by atoms with Crippen LogP contribution in [0.3, 0.4) is 0 Å². The van der Waals surface area contributed by atoms with Gasteiger partial charge in [0.2, 0.25) is 5.95 Å². The van der Waals surface area contributed by atoms with Crippen LogP contribution < -0.4 is 15.4 Å². The number of fused-ring (bicyclic) bond motifs is 1. The van der Waals surface area contributed by atoms with Gasteiger partial charge >= 0.3 is 6.18 Å². The van der Waals surface area contributed by atoms with Crippen molar-refractivity contribution in [3.05, 3.63) is 107 Å². The van der Waals surface area contributed by atoms with Gasteiger partial charge in [0.15, 0.2) is 0 Å². The van der Waals surface area contributed by atoms with Gasteiger partial charge in [0.05, 0.1) is 39.4 Å². The number of hydrogen-bond donors (Lipinski definition) is 2. The van der Waals surface area contributed by atoms with Gasteiger partial charge in [-0.2, -0.15) is 13.2 Å². The van der Waals surface area contributed by atoms with Crippen LogP contribution in [0.5, 0.6) is 11.5 Å². The Hall–Kier alpha value is -4.57. The molecule has 5 aromatic rings. The topological polar surface area (TPSA) is 76.4 Å². The van der Waals surface area contributed by atoms with Crippen LogP contribution >= 0.6 is 11.6 Å². The summed E-state index contributed by atoms with van der Waals surface area (Å²) in [6, 6.07) is 22.3. The van der Waals surface area contributed by atoms with Crippen LogP contribution in [0.25, 0.3) is 11.0 Å². The minimum Gasteiger partial charge on any atom is -0.457 e. The third-order valence-corrected chi connectivity index (χ3v) is 7.18. The van der Waals surface area contributed by atoms with Gasteiger partial charge in [-0.3, -0.25) is 9.98 Å². The molecule has 3 aromatic carbocycles. The first kappa shape index (κ1) is 26.6. The maximum Gasteiger partial charge on any atom is 0.416 e. The molecule has 0 radical (unpaired) electrons. The summed E-state index contributed by atoms with van der Waals surface area (Å²) in [6.45, 7) is 2.08. The minimum atomic E-state index is -4.49. The molecule has 6 rings (SSSR count). The molecule has 3 heterocycles. The SMILES string of the molecule is CC1NC(c2cc(Oc3ccc4c(c3)nc(Nc3cc(C(F)(F)F)ccc3Cl)n4C)ccn2)=NC1c1ccccc1. The first-order valence-electron chi connectivity index (χ1n) is 12.8. The van der Waals surface area contributed by atoms with Crippen molar-refractivity contribution in [2.45, 2.75) is 25.2 Å². The molecule has 7 nitrogen and oxygen atoms in total. The zero-order chi connectivity index (χ0) is 28.7. The maximum absolute atomic E-state index is 13.2. The highest BCUT2D eigenvalue weighted by Crippen LogP contribution is 2.36. The molecule has 2 atom stereocenters. The first-order valence-corrected chi connectivity index (χ1v) is 13.2. The van der Waals surface area contributed by atoms with E-state index in [9.17, 15) is 13.2 Å². The zero-order valence-electron chi connectivity index (χ0n) is 21.9. The second kappa shape index (κ2) is 10.4. The van der Waals surface area contributed by atoms with Crippen molar-refractivity contribution in [1.29, 1.82) is 0 Å². The molecule has 0 fully saturated rings. The van der Waals surface area contributed by atoms with Gasteiger partial charge in [-0.1, -0.05) is 41.9 Å². The molecule has 41 heavy (non-hydrogen) atoms. The Morgan fingerprint density at radius 2 is 1.76 bits per heavy atom. The number of aromatic nitrogens is 3. The molecule has 2 aromatic heterocycles. The van der Waals surface area contributed by atoms with E-state index in [4.69, 9.17) is 21.3 Å². The molecular formula is C30H24ClF3N6O. The quantitative estimate of drug-likeness (QED) is 0.217. The number of nitrogens with one attached hydrogen (secondary N) is 2. The molecule has 0 bridgehead atoms. The number of alkyl halides is 3. The second-order valence-electron chi connectivity index (χ2n) is 9.71. The lowest BCUT2D eigenvalue weighted by atomic mass is 10.0. The largest absolute Gasteiger partial charge is 0.457 e. The number of aryl methyl sites for hydroxylation is 1. The lowest BCUT2D eigenvalue weighted by molar-refractivity contribution is -0.137. The number of halogens is 4. The number of imidazole rings is 1. The minimum absolute atomic E-state index is 0.0160. The van der Waals surface area contributed by atoms with Crippen molar-refractivity contribution in [2.75, 3.05) is 5.32 Å². The van der Waals surface area contributed by atoms with Crippen molar-refractivity contribution in [2.24, 2.45) is 12.0 Å². The molecule has 1 aliphatic rings. The van der Waals surface area contributed by atoms with Gasteiger partial charge in [0, 0.05) is 25.4 Å². The predicted molar refractivity (Wildman–Crippen MR) is 153 cm³/mol. The summed E-state index contributed by atoms with van der Waals surface area (Å²) < 4.78 is 47.5. The summed E-state index contributed by atoms with van der Waals surface area (Å²) in [6.07, 6.45) is -2.83. The highest BCUT2D eigenvalue weighted by atomic mass is 35.5. The standard InChI is InChI=1S/C30H24ClF3N6O/c1-17-27(18-6-4-3-5-7-18)39-28(36-17)25-16-21(12-13-35-25)41-20-9-11-26-24(15-20)38-29(40(26)2)37-23-14-19(30(32,33)34)8-10-22(23)31/h3-17,27H,1-2H3,(H,36,39)(H,37,38). The number of anilines is 2. The van der Waals surface area contributed by atoms with Crippen LogP contribution in [0.2, 0.25) is 5.02 Å². The molecule has 0 saturated heterocycles. The molecule has 0 saturated carbocycles. The molecule has 11 heteroatoms. The van der Waals surface area contributed by atoms with Crippen molar-refractivity contribution < 1.29 is 17.9 Å². The number of rotatable bonds is 6. The van der Waals surface area contributed by atoms with Gasteiger partial charge in [0.1, 0.15) is 23.0 Å². The maximum atomic E-state index is 13.2. The Kier molecular flexibility index (Phi) is 6.78. The van der Waals surface area contributed by atoms with Gasteiger partial charge in [-0.05, 0) is 48.9 Å². The summed E-state index contributed by atoms with van der Waals surface area (Å²) in [4.78, 5) is 13.9. The molecule has 2 unspecified atom stereocenters. The van der Waals surface area contributed by atoms with Crippen molar-refractivity contribution in [1.82, 2.24) is 19.9 Å².